The highest BCUT2D eigenvalue weighted by molar-refractivity contribution is 5.32. The third-order valence-electron chi connectivity index (χ3n) is 6.83. The summed E-state index contributed by atoms with van der Waals surface area (Å²) in [5.74, 6) is 5.27. The molecule has 0 unspecified atom stereocenters. The first kappa shape index (κ1) is 13.8. The lowest BCUT2D eigenvalue weighted by Gasteiger charge is -2.54. The maximum atomic E-state index is 3.80. The number of aryl methyl sites for hydroxylation is 1. The van der Waals surface area contributed by atoms with Gasteiger partial charge in [-0.1, -0.05) is 18.2 Å². The maximum absolute atomic E-state index is 3.80. The van der Waals surface area contributed by atoms with Gasteiger partial charge in [0, 0.05) is 6.54 Å². The number of hydrogen-bond acceptors (Lipinski definition) is 1. The third kappa shape index (κ3) is 2.54. The van der Waals surface area contributed by atoms with Crippen LogP contribution in [0.3, 0.4) is 0 Å². The van der Waals surface area contributed by atoms with Gasteiger partial charge in [-0.25, -0.2) is 0 Å². The Balaban J connectivity index is 1.36. The van der Waals surface area contributed by atoms with Crippen molar-refractivity contribution in [3.8, 4) is 0 Å². The summed E-state index contributed by atoms with van der Waals surface area (Å²) in [7, 11) is 0. The van der Waals surface area contributed by atoms with Crippen molar-refractivity contribution >= 4 is 0 Å². The summed E-state index contributed by atoms with van der Waals surface area (Å²) in [5.41, 5.74) is 4.37. The second kappa shape index (κ2) is 5.43. The van der Waals surface area contributed by atoms with E-state index in [-0.39, 0.29) is 0 Å². The Morgan fingerprint density at radius 3 is 2.29 bits per heavy atom. The van der Waals surface area contributed by atoms with Crippen LogP contribution in [0.4, 0.5) is 0 Å². The SMILES string of the molecule is Cc1cccc(CNCC2C3CC4CC(C3)CC2C4)c1C. The van der Waals surface area contributed by atoms with Gasteiger partial charge in [0.05, 0.1) is 0 Å². The number of rotatable bonds is 4. The van der Waals surface area contributed by atoms with Crippen LogP contribution in [-0.2, 0) is 6.54 Å². The summed E-state index contributed by atoms with van der Waals surface area (Å²) < 4.78 is 0. The molecule has 1 aromatic carbocycles. The Hall–Kier alpha value is -0.820. The largest absolute Gasteiger partial charge is 0.312 e. The average molecular weight is 283 g/mol. The fourth-order valence-corrected chi connectivity index (χ4v) is 5.75. The molecule has 0 heterocycles. The molecular formula is C20H29N. The number of nitrogens with one attached hydrogen (secondary N) is 1. The summed E-state index contributed by atoms with van der Waals surface area (Å²) in [5, 5.41) is 3.80. The third-order valence-corrected chi connectivity index (χ3v) is 6.83. The molecule has 1 aromatic rings. The highest BCUT2D eigenvalue weighted by Crippen LogP contribution is 2.56. The van der Waals surface area contributed by atoms with Crippen molar-refractivity contribution < 1.29 is 0 Å². The molecule has 5 rings (SSSR count). The van der Waals surface area contributed by atoms with Gasteiger partial charge in [0.25, 0.3) is 0 Å². The van der Waals surface area contributed by atoms with Crippen molar-refractivity contribution in [3.63, 3.8) is 0 Å². The average Bonchev–Trinajstić information content (AvgIpc) is 2.45. The molecule has 0 radical (unpaired) electrons. The van der Waals surface area contributed by atoms with Crippen molar-refractivity contribution in [3.05, 3.63) is 34.9 Å². The normalized spacial score (nSPS) is 37.1. The highest BCUT2D eigenvalue weighted by atomic mass is 14.9. The van der Waals surface area contributed by atoms with Gasteiger partial charge >= 0.3 is 0 Å². The van der Waals surface area contributed by atoms with Gasteiger partial charge in [-0.3, -0.25) is 0 Å². The lowest BCUT2D eigenvalue weighted by molar-refractivity contribution is -0.0355. The van der Waals surface area contributed by atoms with Gasteiger partial charge < -0.3 is 5.32 Å². The molecule has 21 heavy (non-hydrogen) atoms. The second-order valence-corrected chi connectivity index (χ2v) is 8.08. The minimum absolute atomic E-state index is 0.975. The second-order valence-electron chi connectivity index (χ2n) is 8.08. The van der Waals surface area contributed by atoms with Crippen molar-refractivity contribution in [1.29, 1.82) is 0 Å². The first-order valence-electron chi connectivity index (χ1n) is 8.96. The van der Waals surface area contributed by atoms with Crippen LogP contribution in [-0.4, -0.2) is 6.54 Å². The lowest BCUT2D eigenvalue weighted by atomic mass is 9.52. The van der Waals surface area contributed by atoms with E-state index in [0.717, 1.165) is 36.1 Å². The predicted molar refractivity (Wildman–Crippen MR) is 88.2 cm³/mol. The van der Waals surface area contributed by atoms with E-state index in [4.69, 9.17) is 0 Å². The topological polar surface area (TPSA) is 12.0 Å². The Kier molecular flexibility index (Phi) is 3.57. The van der Waals surface area contributed by atoms with Crippen LogP contribution in [0, 0.1) is 43.4 Å². The fourth-order valence-electron chi connectivity index (χ4n) is 5.75. The molecule has 1 nitrogen and oxygen atoms in total. The van der Waals surface area contributed by atoms with E-state index in [9.17, 15) is 0 Å². The first-order valence-corrected chi connectivity index (χ1v) is 8.96. The molecule has 4 aliphatic rings. The summed E-state index contributed by atoms with van der Waals surface area (Å²) in [6.45, 7) is 6.78. The van der Waals surface area contributed by atoms with E-state index in [1.165, 1.54) is 23.2 Å². The molecular weight excluding hydrogens is 254 g/mol. The summed E-state index contributed by atoms with van der Waals surface area (Å²) in [6.07, 6.45) is 7.74. The molecule has 4 saturated carbocycles. The molecule has 0 spiro atoms. The van der Waals surface area contributed by atoms with Crippen molar-refractivity contribution in [2.24, 2.45) is 29.6 Å². The van der Waals surface area contributed by atoms with E-state index < -0.39 is 0 Å². The molecule has 4 aliphatic carbocycles. The van der Waals surface area contributed by atoms with Gasteiger partial charge in [-0.05, 0) is 98.8 Å². The van der Waals surface area contributed by atoms with Crippen LogP contribution in [0.5, 0.6) is 0 Å². The zero-order valence-electron chi connectivity index (χ0n) is 13.6. The van der Waals surface area contributed by atoms with Crippen molar-refractivity contribution in [2.45, 2.75) is 52.5 Å². The van der Waals surface area contributed by atoms with Gasteiger partial charge in [0.2, 0.25) is 0 Å². The molecule has 0 atom stereocenters. The van der Waals surface area contributed by atoms with Gasteiger partial charge in [-0.2, -0.15) is 0 Å². The minimum Gasteiger partial charge on any atom is -0.312 e. The Morgan fingerprint density at radius 2 is 1.62 bits per heavy atom. The molecule has 4 fully saturated rings. The van der Waals surface area contributed by atoms with Crippen LogP contribution in [0.1, 0.15) is 48.8 Å². The van der Waals surface area contributed by atoms with Gasteiger partial charge in [0.15, 0.2) is 0 Å². The van der Waals surface area contributed by atoms with Crippen molar-refractivity contribution in [2.75, 3.05) is 6.54 Å². The van der Waals surface area contributed by atoms with E-state index in [1.54, 1.807) is 32.1 Å². The highest BCUT2D eigenvalue weighted by Gasteiger charge is 2.47. The molecule has 4 bridgehead atoms. The zero-order valence-corrected chi connectivity index (χ0v) is 13.6. The number of benzene rings is 1. The minimum atomic E-state index is 0.975. The molecule has 114 valence electrons. The maximum Gasteiger partial charge on any atom is 0.0208 e. The van der Waals surface area contributed by atoms with Gasteiger partial charge in [0.1, 0.15) is 0 Å². The summed E-state index contributed by atoms with van der Waals surface area (Å²) >= 11 is 0. The van der Waals surface area contributed by atoms with Crippen molar-refractivity contribution in [1.82, 2.24) is 5.32 Å². The Morgan fingerprint density at radius 1 is 0.952 bits per heavy atom. The molecule has 1 N–H and O–H groups in total. The predicted octanol–water partition coefficient (Wildman–Crippen LogP) is 4.47. The smallest absolute Gasteiger partial charge is 0.0208 e. The van der Waals surface area contributed by atoms with Crippen LogP contribution in [0.25, 0.3) is 0 Å². The summed E-state index contributed by atoms with van der Waals surface area (Å²) in [6, 6.07) is 6.70. The standard InChI is InChI=1S/C20H29N/c1-13-4-3-5-17(14(13)2)11-21-12-20-18-7-15-6-16(9-18)10-19(20)8-15/h3-5,15-16,18-21H,6-12H2,1-2H3. The fraction of sp³-hybridized carbons (Fsp3) is 0.700. The monoisotopic (exact) mass is 283 g/mol. The summed E-state index contributed by atoms with van der Waals surface area (Å²) in [4.78, 5) is 0. The van der Waals surface area contributed by atoms with Crippen LogP contribution >= 0.6 is 0 Å². The van der Waals surface area contributed by atoms with Crippen LogP contribution < -0.4 is 5.32 Å². The zero-order chi connectivity index (χ0) is 14.4. The Bertz CT molecular complexity index is 491. The molecule has 1 heteroatoms. The molecule has 0 amide bonds. The number of hydrogen-bond donors (Lipinski definition) is 1. The molecule has 0 aromatic heterocycles. The van der Waals surface area contributed by atoms with E-state index >= 15 is 0 Å². The van der Waals surface area contributed by atoms with Gasteiger partial charge in [-0.15, -0.1) is 0 Å². The van der Waals surface area contributed by atoms with Crippen LogP contribution in [0.2, 0.25) is 0 Å². The quantitative estimate of drug-likeness (QED) is 0.860. The van der Waals surface area contributed by atoms with E-state index in [0.29, 0.717) is 0 Å². The van der Waals surface area contributed by atoms with E-state index in [1.807, 2.05) is 0 Å². The molecule has 0 aliphatic heterocycles. The molecule has 0 saturated heterocycles. The first-order chi connectivity index (χ1) is 10.2. The Labute approximate surface area is 129 Å². The van der Waals surface area contributed by atoms with E-state index in [2.05, 4.69) is 37.4 Å². The van der Waals surface area contributed by atoms with Crippen LogP contribution in [0.15, 0.2) is 18.2 Å². The lowest BCUT2D eigenvalue weighted by Crippen LogP contribution is -2.48.